The zero-order valence-corrected chi connectivity index (χ0v) is 12.7. The molecule has 0 radical (unpaired) electrons. The predicted octanol–water partition coefficient (Wildman–Crippen LogP) is -0.755. The van der Waals surface area contributed by atoms with Crippen molar-refractivity contribution in [2.75, 3.05) is 0 Å². The minimum atomic E-state index is 0. The van der Waals surface area contributed by atoms with Crippen molar-refractivity contribution in [1.82, 2.24) is 4.98 Å². The number of thiazole rings is 1. The van der Waals surface area contributed by atoms with Gasteiger partial charge in [-0.15, -0.1) is 5.38 Å². The van der Waals surface area contributed by atoms with E-state index in [9.17, 15) is 0 Å². The summed E-state index contributed by atoms with van der Waals surface area (Å²) in [5, 5.41) is 2.04. The van der Waals surface area contributed by atoms with Crippen LogP contribution in [0.1, 0.15) is 26.5 Å². The van der Waals surface area contributed by atoms with Gasteiger partial charge in [-0.3, -0.25) is 11.3 Å². The Morgan fingerprint density at radius 2 is 2.10 bits per heavy atom. The van der Waals surface area contributed by atoms with E-state index >= 15 is 0 Å². The molecule has 0 aromatic carbocycles. The van der Waals surface area contributed by atoms with Crippen molar-refractivity contribution in [2.24, 2.45) is 0 Å². The Balaban J connectivity index is 0.000000810. The Hall–Kier alpha value is 1.44. The monoisotopic (exact) mass is 225 g/mol. The first kappa shape index (κ1) is 11.4. The van der Waals surface area contributed by atoms with Gasteiger partial charge in [0.1, 0.15) is 0 Å². The fraction of sp³-hybridized carbons (Fsp3) is 0.571. The Labute approximate surface area is 115 Å². The zero-order valence-electron chi connectivity index (χ0n) is 6.93. The van der Waals surface area contributed by atoms with Crippen LogP contribution >= 0.6 is 11.3 Å². The molecule has 0 aliphatic rings. The molecule has 0 bridgehead atoms. The summed E-state index contributed by atoms with van der Waals surface area (Å²) in [7, 11) is 0. The van der Waals surface area contributed by atoms with Crippen LogP contribution in [-0.4, -0.2) is 4.98 Å². The van der Waals surface area contributed by atoms with Crippen LogP contribution in [-0.2, 0) is 5.41 Å². The summed E-state index contributed by atoms with van der Waals surface area (Å²) in [5.41, 5.74) is 4.15. The van der Waals surface area contributed by atoms with Crippen LogP contribution in [0.5, 0.6) is 0 Å². The van der Waals surface area contributed by atoms with Gasteiger partial charge in [-0.05, 0) is 5.51 Å². The SMILES string of the molecule is CC(C)(C)c1cs[c-]n1.[Rb+]. The number of rotatable bonds is 0. The van der Waals surface area contributed by atoms with E-state index in [1.165, 1.54) is 11.3 Å². The molecule has 0 aliphatic heterocycles. The van der Waals surface area contributed by atoms with Crippen molar-refractivity contribution in [2.45, 2.75) is 26.2 Å². The van der Waals surface area contributed by atoms with Gasteiger partial charge in [-0.25, -0.2) is 0 Å². The number of hydrogen-bond acceptors (Lipinski definition) is 2. The smallest absolute Gasteiger partial charge is 0.390 e. The van der Waals surface area contributed by atoms with Crippen molar-refractivity contribution in [1.29, 1.82) is 0 Å². The van der Waals surface area contributed by atoms with Gasteiger partial charge in [-0.2, -0.15) is 0 Å². The summed E-state index contributed by atoms with van der Waals surface area (Å²) in [6.45, 7) is 6.45. The van der Waals surface area contributed by atoms with Gasteiger partial charge >= 0.3 is 58.2 Å². The Morgan fingerprint density at radius 1 is 1.50 bits per heavy atom. The Bertz CT molecular complexity index is 176. The van der Waals surface area contributed by atoms with Crippen LogP contribution < -0.4 is 58.2 Å². The van der Waals surface area contributed by atoms with Gasteiger partial charge in [0.05, 0.1) is 0 Å². The average molecular weight is 226 g/mol. The zero-order chi connectivity index (χ0) is 6.91. The van der Waals surface area contributed by atoms with Crippen molar-refractivity contribution in [3.05, 3.63) is 16.6 Å². The van der Waals surface area contributed by atoms with E-state index in [0.29, 0.717) is 0 Å². The van der Waals surface area contributed by atoms with E-state index in [1.807, 2.05) is 5.38 Å². The molecular formula is C7H10NRbS. The number of nitrogens with zero attached hydrogens (tertiary/aromatic N) is 1. The second-order valence-corrected chi connectivity index (χ2v) is 3.73. The van der Waals surface area contributed by atoms with E-state index in [2.05, 4.69) is 31.3 Å². The van der Waals surface area contributed by atoms with Crippen LogP contribution in [0.25, 0.3) is 0 Å². The van der Waals surface area contributed by atoms with E-state index in [0.717, 1.165) is 5.69 Å². The summed E-state index contributed by atoms with van der Waals surface area (Å²) in [6.07, 6.45) is 0. The van der Waals surface area contributed by atoms with Crippen molar-refractivity contribution < 1.29 is 58.2 Å². The van der Waals surface area contributed by atoms with Gasteiger partial charge in [0.15, 0.2) is 0 Å². The van der Waals surface area contributed by atoms with Gasteiger partial charge < -0.3 is 4.98 Å². The molecule has 0 amide bonds. The van der Waals surface area contributed by atoms with Crippen LogP contribution in [0.3, 0.4) is 0 Å². The number of hydrogen-bond donors (Lipinski definition) is 0. The summed E-state index contributed by atoms with van der Waals surface area (Å²) in [5.74, 6) is 0. The van der Waals surface area contributed by atoms with Gasteiger partial charge in [0.2, 0.25) is 0 Å². The third kappa shape index (κ3) is 3.22. The van der Waals surface area contributed by atoms with E-state index in [4.69, 9.17) is 0 Å². The predicted molar refractivity (Wildman–Crippen MR) is 39.7 cm³/mol. The summed E-state index contributed by atoms with van der Waals surface area (Å²) in [6, 6.07) is 0. The molecule has 0 unspecified atom stereocenters. The number of aromatic nitrogens is 1. The van der Waals surface area contributed by atoms with E-state index in [1.54, 1.807) is 0 Å². The van der Waals surface area contributed by atoms with Gasteiger partial charge in [-0.1, -0.05) is 31.9 Å². The third-order valence-corrected chi connectivity index (χ3v) is 1.70. The molecule has 0 N–H and O–H groups in total. The fourth-order valence-electron chi connectivity index (χ4n) is 0.529. The fourth-order valence-corrected chi connectivity index (χ4v) is 1.25. The van der Waals surface area contributed by atoms with Gasteiger partial charge in [0.25, 0.3) is 0 Å². The molecule has 10 heavy (non-hydrogen) atoms. The average Bonchev–Trinajstić information content (AvgIpc) is 2.08. The maximum atomic E-state index is 4.08. The van der Waals surface area contributed by atoms with Crippen LogP contribution in [0.4, 0.5) is 0 Å². The normalized spacial score (nSPS) is 10.7. The first-order valence-electron chi connectivity index (χ1n) is 2.93. The molecule has 0 saturated carbocycles. The maximum absolute atomic E-state index is 4.08. The molecule has 1 aromatic rings. The summed E-state index contributed by atoms with van der Waals surface area (Å²) >= 11 is 1.53. The molecule has 1 heterocycles. The van der Waals surface area contributed by atoms with Crippen LogP contribution in [0, 0.1) is 5.51 Å². The minimum absolute atomic E-state index is 0. The molecule has 0 saturated heterocycles. The molecule has 0 spiro atoms. The minimum Gasteiger partial charge on any atom is -0.390 e. The quantitative estimate of drug-likeness (QED) is 0.530. The Morgan fingerprint density at radius 3 is 2.30 bits per heavy atom. The molecule has 3 heteroatoms. The van der Waals surface area contributed by atoms with Crippen molar-refractivity contribution >= 4 is 11.3 Å². The summed E-state index contributed by atoms with van der Waals surface area (Å²) < 4.78 is 0. The summed E-state index contributed by atoms with van der Waals surface area (Å²) in [4.78, 5) is 4.08. The first-order valence-corrected chi connectivity index (χ1v) is 3.81. The van der Waals surface area contributed by atoms with E-state index < -0.39 is 0 Å². The molecule has 0 aliphatic carbocycles. The van der Waals surface area contributed by atoms with Crippen LogP contribution in [0.2, 0.25) is 0 Å². The van der Waals surface area contributed by atoms with Crippen molar-refractivity contribution in [3.63, 3.8) is 0 Å². The van der Waals surface area contributed by atoms with Gasteiger partial charge in [0, 0.05) is 0 Å². The second kappa shape index (κ2) is 4.46. The maximum Gasteiger partial charge on any atom is 1.00 e. The molecule has 1 nitrogen and oxygen atoms in total. The molecule has 0 atom stereocenters. The first-order chi connectivity index (χ1) is 4.11. The molecule has 1 aromatic heterocycles. The van der Waals surface area contributed by atoms with Crippen LogP contribution in [0.15, 0.2) is 5.38 Å². The second-order valence-electron chi connectivity index (χ2n) is 3.07. The Kier molecular flexibility index (Phi) is 5.10. The molecule has 1 rings (SSSR count). The standard InChI is InChI=1S/C7H10NS.Rb/c1-7(2,3)6-4-9-5-8-6;/h4H,1-3H3;/q-1;+1. The largest absolute Gasteiger partial charge is 1.00 e. The third-order valence-electron chi connectivity index (χ3n) is 1.16. The molecular weight excluding hydrogens is 216 g/mol. The molecule has 50 valence electrons. The van der Waals surface area contributed by atoms with Crippen molar-refractivity contribution in [3.8, 4) is 0 Å². The van der Waals surface area contributed by atoms with E-state index in [-0.39, 0.29) is 63.6 Å². The molecule has 0 fully saturated rings. The topological polar surface area (TPSA) is 12.9 Å².